The molecular weight excluding hydrogens is 324 g/mol. The molecule has 2 rings (SSSR count). The van der Waals surface area contributed by atoms with Gasteiger partial charge in [-0.2, -0.15) is 16.7 Å². The van der Waals surface area contributed by atoms with Crippen LogP contribution in [0.5, 0.6) is 0 Å². The first-order valence-corrected chi connectivity index (χ1v) is 10.1. The van der Waals surface area contributed by atoms with Gasteiger partial charge in [0, 0.05) is 25.6 Å². The smallest absolute Gasteiger partial charge is 0.230 e. The van der Waals surface area contributed by atoms with E-state index in [4.69, 9.17) is 4.52 Å². The molecule has 0 radical (unpaired) electrons. The number of carbonyl (C=O) groups excluding carboxylic acids is 1. The van der Waals surface area contributed by atoms with Crippen molar-refractivity contribution in [2.24, 2.45) is 17.8 Å². The summed E-state index contributed by atoms with van der Waals surface area (Å²) in [7, 11) is 0. The Morgan fingerprint density at radius 3 is 2.75 bits per heavy atom. The van der Waals surface area contributed by atoms with Crippen LogP contribution in [0.2, 0.25) is 0 Å². The number of hydrogen-bond donors (Lipinski definition) is 1. The van der Waals surface area contributed by atoms with Crippen molar-refractivity contribution in [2.75, 3.05) is 25.1 Å². The highest BCUT2D eigenvalue weighted by molar-refractivity contribution is 7.99. The summed E-state index contributed by atoms with van der Waals surface area (Å²) in [5, 5.41) is 7.29. The molecule has 0 bridgehead atoms. The molecule has 2 heterocycles. The zero-order chi connectivity index (χ0) is 17.7. The maximum Gasteiger partial charge on any atom is 0.230 e. The first kappa shape index (κ1) is 19.2. The van der Waals surface area contributed by atoms with E-state index in [0.29, 0.717) is 35.9 Å². The summed E-state index contributed by atoms with van der Waals surface area (Å²) in [6.45, 7) is 11.2. The van der Waals surface area contributed by atoms with Crippen molar-refractivity contribution >= 4 is 17.7 Å². The number of hydrogen-bond acceptors (Lipinski definition) is 6. The molecule has 1 aromatic rings. The quantitative estimate of drug-likeness (QED) is 0.772. The molecule has 0 aromatic carbocycles. The largest absolute Gasteiger partial charge is 0.351 e. The van der Waals surface area contributed by atoms with Gasteiger partial charge < -0.3 is 9.84 Å². The van der Waals surface area contributed by atoms with Gasteiger partial charge in [-0.05, 0) is 24.0 Å². The second-order valence-electron chi connectivity index (χ2n) is 7.41. The maximum absolute atomic E-state index is 11.9. The Morgan fingerprint density at radius 1 is 1.38 bits per heavy atom. The van der Waals surface area contributed by atoms with Gasteiger partial charge in [0.25, 0.3) is 0 Å². The SMILES string of the molecule is CSCC(=O)N[C@H]1CN(Cc2noc(CC(C)C)n2)C[C@@H]1C(C)C. The molecule has 7 heteroatoms. The number of nitrogens with zero attached hydrogens (tertiary/aromatic N) is 3. The highest BCUT2D eigenvalue weighted by Gasteiger charge is 2.35. The molecule has 1 amide bonds. The first-order chi connectivity index (χ1) is 11.4. The second-order valence-corrected chi connectivity index (χ2v) is 8.28. The third-order valence-electron chi connectivity index (χ3n) is 4.38. The minimum absolute atomic E-state index is 0.124. The number of carbonyl (C=O) groups is 1. The first-order valence-electron chi connectivity index (χ1n) is 8.71. The predicted molar refractivity (Wildman–Crippen MR) is 96.8 cm³/mol. The molecule has 1 aromatic heterocycles. The van der Waals surface area contributed by atoms with Crippen LogP contribution in [-0.2, 0) is 17.8 Å². The molecule has 6 nitrogen and oxygen atoms in total. The average molecular weight is 355 g/mol. The predicted octanol–water partition coefficient (Wildman–Crippen LogP) is 2.20. The van der Waals surface area contributed by atoms with Gasteiger partial charge in [0.2, 0.25) is 11.8 Å². The summed E-state index contributed by atoms with van der Waals surface area (Å²) < 4.78 is 5.32. The Morgan fingerprint density at radius 2 is 2.12 bits per heavy atom. The van der Waals surface area contributed by atoms with Crippen molar-refractivity contribution in [2.45, 2.75) is 46.7 Å². The van der Waals surface area contributed by atoms with E-state index in [9.17, 15) is 4.79 Å². The minimum Gasteiger partial charge on any atom is -0.351 e. The molecule has 0 spiro atoms. The summed E-state index contributed by atoms with van der Waals surface area (Å²) in [6.07, 6.45) is 2.76. The zero-order valence-electron chi connectivity index (χ0n) is 15.4. The standard InChI is InChI=1S/C17H30N4O2S/c1-11(2)6-17-19-15(20-23-17)9-21-7-13(12(3)4)14(8-21)18-16(22)10-24-5/h11-14H,6-10H2,1-5H3,(H,18,22)/t13-,14+/m1/s1. The van der Waals surface area contributed by atoms with Crippen LogP contribution >= 0.6 is 11.8 Å². The van der Waals surface area contributed by atoms with Crippen molar-refractivity contribution in [1.29, 1.82) is 0 Å². The van der Waals surface area contributed by atoms with Crippen LogP contribution in [0.25, 0.3) is 0 Å². The average Bonchev–Trinajstić information content (AvgIpc) is 3.06. The zero-order valence-corrected chi connectivity index (χ0v) is 16.2. The summed E-state index contributed by atoms with van der Waals surface area (Å²) >= 11 is 1.56. The molecule has 136 valence electrons. The lowest BCUT2D eigenvalue weighted by atomic mass is 9.91. The summed E-state index contributed by atoms with van der Waals surface area (Å²) in [5.74, 6) is 3.58. The highest BCUT2D eigenvalue weighted by Crippen LogP contribution is 2.25. The Balaban J connectivity index is 1.94. The van der Waals surface area contributed by atoms with Crippen molar-refractivity contribution in [3.8, 4) is 0 Å². The maximum atomic E-state index is 11.9. The third kappa shape index (κ3) is 5.48. The van der Waals surface area contributed by atoms with Crippen molar-refractivity contribution in [3.63, 3.8) is 0 Å². The van der Waals surface area contributed by atoms with E-state index < -0.39 is 0 Å². The van der Waals surface area contributed by atoms with Crippen LogP contribution in [-0.4, -0.2) is 52.1 Å². The van der Waals surface area contributed by atoms with Crippen LogP contribution in [0, 0.1) is 17.8 Å². The minimum atomic E-state index is 0.124. The fourth-order valence-electron chi connectivity index (χ4n) is 3.24. The Bertz CT molecular complexity index is 532. The lowest BCUT2D eigenvalue weighted by Crippen LogP contribution is -2.42. The van der Waals surface area contributed by atoms with Crippen LogP contribution in [0.3, 0.4) is 0 Å². The molecule has 0 aliphatic carbocycles. The van der Waals surface area contributed by atoms with Gasteiger partial charge in [-0.15, -0.1) is 0 Å². The molecule has 24 heavy (non-hydrogen) atoms. The Labute approximate surface area is 149 Å². The Hall–Kier alpha value is -1.08. The van der Waals surface area contributed by atoms with Crippen LogP contribution in [0.4, 0.5) is 0 Å². The van der Waals surface area contributed by atoms with Crippen LogP contribution < -0.4 is 5.32 Å². The third-order valence-corrected chi connectivity index (χ3v) is 4.93. The number of aromatic nitrogens is 2. The Kier molecular flexibility index (Phi) is 7.10. The van der Waals surface area contributed by atoms with Gasteiger partial charge in [-0.3, -0.25) is 9.69 Å². The normalized spacial score (nSPS) is 21.8. The molecule has 1 N–H and O–H groups in total. The lowest BCUT2D eigenvalue weighted by molar-refractivity contribution is -0.119. The highest BCUT2D eigenvalue weighted by atomic mass is 32.2. The van der Waals surface area contributed by atoms with E-state index in [2.05, 4.69) is 48.1 Å². The number of thioether (sulfide) groups is 1. The van der Waals surface area contributed by atoms with E-state index in [-0.39, 0.29) is 11.9 Å². The number of amides is 1. The van der Waals surface area contributed by atoms with E-state index in [1.54, 1.807) is 11.8 Å². The summed E-state index contributed by atoms with van der Waals surface area (Å²) in [6, 6.07) is 0.201. The van der Waals surface area contributed by atoms with Crippen LogP contribution in [0.1, 0.15) is 39.4 Å². The van der Waals surface area contributed by atoms with Gasteiger partial charge in [-0.1, -0.05) is 32.9 Å². The summed E-state index contributed by atoms with van der Waals surface area (Å²) in [4.78, 5) is 18.8. The van der Waals surface area contributed by atoms with E-state index in [1.807, 2.05) is 6.26 Å². The summed E-state index contributed by atoms with van der Waals surface area (Å²) in [5.41, 5.74) is 0. The van der Waals surface area contributed by atoms with Crippen molar-refractivity contribution in [3.05, 3.63) is 11.7 Å². The molecule has 1 aliphatic rings. The van der Waals surface area contributed by atoms with Gasteiger partial charge in [0.15, 0.2) is 5.82 Å². The lowest BCUT2D eigenvalue weighted by Gasteiger charge is -2.22. The molecule has 1 aliphatic heterocycles. The molecule has 0 saturated carbocycles. The van der Waals surface area contributed by atoms with Crippen LogP contribution in [0.15, 0.2) is 4.52 Å². The van der Waals surface area contributed by atoms with Crippen molar-refractivity contribution in [1.82, 2.24) is 20.4 Å². The monoisotopic (exact) mass is 354 g/mol. The number of rotatable bonds is 8. The fourth-order valence-corrected chi connectivity index (χ4v) is 3.58. The van der Waals surface area contributed by atoms with Gasteiger partial charge in [0.05, 0.1) is 12.3 Å². The van der Waals surface area contributed by atoms with E-state index >= 15 is 0 Å². The second kappa shape index (κ2) is 8.85. The number of likely N-dealkylation sites (tertiary alicyclic amines) is 1. The number of nitrogens with one attached hydrogen (secondary N) is 1. The fraction of sp³-hybridized carbons (Fsp3) is 0.824. The van der Waals surface area contributed by atoms with Gasteiger partial charge in [0.1, 0.15) is 0 Å². The molecule has 1 saturated heterocycles. The molecule has 1 fully saturated rings. The van der Waals surface area contributed by atoms with Crippen molar-refractivity contribution < 1.29 is 9.32 Å². The molecule has 0 unspecified atom stereocenters. The van der Waals surface area contributed by atoms with Gasteiger partial charge >= 0.3 is 0 Å². The molecular formula is C17H30N4O2S. The topological polar surface area (TPSA) is 71.3 Å². The van der Waals surface area contributed by atoms with E-state index in [0.717, 1.165) is 25.3 Å². The molecule has 2 atom stereocenters. The van der Waals surface area contributed by atoms with Gasteiger partial charge in [-0.25, -0.2) is 0 Å². The van der Waals surface area contributed by atoms with E-state index in [1.165, 1.54) is 0 Å².